The van der Waals surface area contributed by atoms with Crippen LogP contribution >= 0.6 is 0 Å². The Hall–Kier alpha value is -2.76. The highest BCUT2D eigenvalue weighted by Crippen LogP contribution is 2.21. The van der Waals surface area contributed by atoms with Gasteiger partial charge >= 0.3 is 5.97 Å². The molecule has 0 aliphatic rings. The van der Waals surface area contributed by atoms with Gasteiger partial charge in [-0.05, 0) is 25.0 Å². The Morgan fingerprint density at radius 2 is 1.91 bits per heavy atom. The monoisotopic (exact) mass is 299 g/mol. The normalized spacial score (nSPS) is 11.7. The summed E-state index contributed by atoms with van der Waals surface area (Å²) in [4.78, 5) is 31.3. The average molecular weight is 299 g/mol. The van der Waals surface area contributed by atoms with E-state index in [1.165, 1.54) is 12.4 Å². The van der Waals surface area contributed by atoms with Gasteiger partial charge in [0, 0.05) is 6.20 Å². The molecule has 1 aromatic heterocycles. The Bertz CT molecular complexity index is 683. The second-order valence-electron chi connectivity index (χ2n) is 5.02. The van der Waals surface area contributed by atoms with Crippen molar-refractivity contribution in [3.05, 3.63) is 59.2 Å². The average Bonchev–Trinajstić information content (AvgIpc) is 2.47. The lowest BCUT2D eigenvalue weighted by atomic mass is 9.98. The van der Waals surface area contributed by atoms with Gasteiger partial charge in [-0.2, -0.15) is 0 Å². The van der Waals surface area contributed by atoms with Crippen molar-refractivity contribution in [3.63, 3.8) is 0 Å². The molecule has 2 rings (SSSR count). The molecule has 22 heavy (non-hydrogen) atoms. The van der Waals surface area contributed by atoms with Crippen LogP contribution in [-0.4, -0.2) is 27.0 Å². The Balaban J connectivity index is 2.23. The molecule has 114 valence electrons. The number of aromatic nitrogens is 2. The summed E-state index contributed by atoms with van der Waals surface area (Å²) in [6.07, 6.45) is 2.67. The number of carbonyl (C=O) groups excluding carboxylic acids is 1. The molecule has 0 aliphatic heterocycles. The maximum atomic E-state index is 12.2. The van der Waals surface area contributed by atoms with Crippen molar-refractivity contribution in [2.24, 2.45) is 0 Å². The third-order valence-corrected chi connectivity index (χ3v) is 3.26. The molecule has 2 N–H and O–H groups in total. The summed E-state index contributed by atoms with van der Waals surface area (Å²) >= 11 is 0. The fraction of sp³-hybridized carbons (Fsp3) is 0.250. The molecular formula is C16H17N3O3. The molecule has 0 radical (unpaired) electrons. The van der Waals surface area contributed by atoms with E-state index in [0.717, 1.165) is 11.1 Å². The smallest absolute Gasteiger partial charge is 0.305 e. The summed E-state index contributed by atoms with van der Waals surface area (Å²) in [5, 5.41) is 11.8. The second-order valence-corrected chi connectivity index (χ2v) is 5.02. The van der Waals surface area contributed by atoms with Gasteiger partial charge in [0.05, 0.1) is 24.4 Å². The standard InChI is InChI=1S/C16H17N3O3/c1-10-5-3-4-6-12(10)13(7-15(20)21)19-16(22)14-9-17-11(2)8-18-14/h3-6,8-9,13H,7H2,1-2H3,(H,19,22)(H,20,21)/t13-/m0/s1. The number of carboxylic acids is 1. The number of carboxylic acid groups (broad SMARTS) is 1. The molecule has 1 aromatic carbocycles. The van der Waals surface area contributed by atoms with Crippen molar-refractivity contribution in [1.82, 2.24) is 15.3 Å². The first-order valence-electron chi connectivity index (χ1n) is 6.84. The number of nitrogens with one attached hydrogen (secondary N) is 1. The van der Waals surface area contributed by atoms with Gasteiger partial charge in [0.1, 0.15) is 5.69 Å². The predicted molar refractivity (Wildman–Crippen MR) is 80.4 cm³/mol. The van der Waals surface area contributed by atoms with E-state index in [4.69, 9.17) is 5.11 Å². The van der Waals surface area contributed by atoms with Gasteiger partial charge in [0.25, 0.3) is 5.91 Å². The van der Waals surface area contributed by atoms with E-state index in [1.807, 2.05) is 31.2 Å². The van der Waals surface area contributed by atoms with Crippen molar-refractivity contribution in [2.75, 3.05) is 0 Å². The van der Waals surface area contributed by atoms with Crippen LogP contribution < -0.4 is 5.32 Å². The van der Waals surface area contributed by atoms with E-state index in [9.17, 15) is 9.59 Å². The minimum absolute atomic E-state index is 0.162. The summed E-state index contributed by atoms with van der Waals surface area (Å²) in [5.74, 6) is -1.43. The van der Waals surface area contributed by atoms with Gasteiger partial charge < -0.3 is 10.4 Å². The zero-order valence-corrected chi connectivity index (χ0v) is 12.4. The zero-order valence-electron chi connectivity index (χ0n) is 12.4. The van der Waals surface area contributed by atoms with Gasteiger partial charge in [0.2, 0.25) is 0 Å². The number of rotatable bonds is 5. The molecule has 0 saturated carbocycles. The molecule has 0 fully saturated rings. The number of carbonyl (C=O) groups is 2. The third kappa shape index (κ3) is 3.88. The van der Waals surface area contributed by atoms with Crippen molar-refractivity contribution in [2.45, 2.75) is 26.3 Å². The minimum atomic E-state index is -0.983. The van der Waals surface area contributed by atoms with Gasteiger partial charge in [-0.3, -0.25) is 14.6 Å². The van der Waals surface area contributed by atoms with Crippen LogP contribution in [0.15, 0.2) is 36.7 Å². The molecular weight excluding hydrogens is 282 g/mol. The highest BCUT2D eigenvalue weighted by Gasteiger charge is 2.20. The first kappa shape index (κ1) is 15.6. The van der Waals surface area contributed by atoms with Gasteiger partial charge in [-0.15, -0.1) is 0 Å². The number of benzene rings is 1. The highest BCUT2D eigenvalue weighted by molar-refractivity contribution is 5.92. The summed E-state index contributed by atoms with van der Waals surface area (Å²) in [5.41, 5.74) is 2.56. The van der Waals surface area contributed by atoms with E-state index >= 15 is 0 Å². The van der Waals surface area contributed by atoms with E-state index in [0.29, 0.717) is 5.69 Å². The fourth-order valence-corrected chi connectivity index (χ4v) is 2.13. The number of amides is 1. The van der Waals surface area contributed by atoms with Crippen LogP contribution in [-0.2, 0) is 4.79 Å². The molecule has 1 heterocycles. The van der Waals surface area contributed by atoms with Crippen LogP contribution in [0.4, 0.5) is 0 Å². The van der Waals surface area contributed by atoms with Gasteiger partial charge in [0.15, 0.2) is 0 Å². The number of hydrogen-bond donors (Lipinski definition) is 2. The summed E-state index contributed by atoms with van der Waals surface area (Å²) in [7, 11) is 0. The van der Waals surface area contributed by atoms with Gasteiger partial charge in [-0.1, -0.05) is 24.3 Å². The second kappa shape index (κ2) is 6.80. The molecule has 0 spiro atoms. The number of nitrogens with zero attached hydrogens (tertiary/aromatic N) is 2. The van der Waals surface area contributed by atoms with E-state index in [1.54, 1.807) is 6.92 Å². The largest absolute Gasteiger partial charge is 0.481 e. The van der Waals surface area contributed by atoms with Crippen molar-refractivity contribution < 1.29 is 14.7 Å². The molecule has 6 heteroatoms. The van der Waals surface area contributed by atoms with Crippen molar-refractivity contribution in [3.8, 4) is 0 Å². The summed E-state index contributed by atoms with van der Waals surface area (Å²) in [6.45, 7) is 3.65. The maximum Gasteiger partial charge on any atom is 0.305 e. The summed E-state index contributed by atoms with van der Waals surface area (Å²) < 4.78 is 0. The minimum Gasteiger partial charge on any atom is -0.481 e. The zero-order chi connectivity index (χ0) is 16.1. The Kier molecular flexibility index (Phi) is 4.83. The van der Waals surface area contributed by atoms with Crippen LogP contribution in [0.5, 0.6) is 0 Å². The Morgan fingerprint density at radius 3 is 2.50 bits per heavy atom. The topological polar surface area (TPSA) is 92.2 Å². The van der Waals surface area contributed by atoms with Crippen LogP contribution in [0.1, 0.15) is 39.8 Å². The van der Waals surface area contributed by atoms with Gasteiger partial charge in [-0.25, -0.2) is 4.98 Å². The molecule has 0 aliphatic carbocycles. The Labute approximate surface area is 128 Å². The Morgan fingerprint density at radius 1 is 1.18 bits per heavy atom. The molecule has 0 saturated heterocycles. The highest BCUT2D eigenvalue weighted by atomic mass is 16.4. The lowest BCUT2D eigenvalue weighted by molar-refractivity contribution is -0.137. The number of aliphatic carboxylic acids is 1. The first-order chi connectivity index (χ1) is 10.5. The molecule has 6 nitrogen and oxygen atoms in total. The van der Waals surface area contributed by atoms with Crippen LogP contribution in [0.2, 0.25) is 0 Å². The van der Waals surface area contributed by atoms with E-state index in [-0.39, 0.29) is 12.1 Å². The van der Waals surface area contributed by atoms with Crippen molar-refractivity contribution >= 4 is 11.9 Å². The lowest BCUT2D eigenvalue weighted by Crippen LogP contribution is -2.31. The van der Waals surface area contributed by atoms with Crippen LogP contribution in [0.3, 0.4) is 0 Å². The first-order valence-corrected chi connectivity index (χ1v) is 6.84. The quantitative estimate of drug-likeness (QED) is 0.881. The lowest BCUT2D eigenvalue weighted by Gasteiger charge is -2.19. The SMILES string of the molecule is Cc1cnc(C(=O)N[C@@H](CC(=O)O)c2ccccc2C)cn1. The van der Waals surface area contributed by atoms with Crippen LogP contribution in [0, 0.1) is 13.8 Å². The maximum absolute atomic E-state index is 12.2. The molecule has 1 amide bonds. The molecule has 0 unspecified atom stereocenters. The van der Waals surface area contributed by atoms with Crippen LogP contribution in [0.25, 0.3) is 0 Å². The number of hydrogen-bond acceptors (Lipinski definition) is 4. The predicted octanol–water partition coefficient (Wildman–Crippen LogP) is 2.04. The van der Waals surface area contributed by atoms with Crippen molar-refractivity contribution in [1.29, 1.82) is 0 Å². The molecule has 2 aromatic rings. The molecule has 0 bridgehead atoms. The van der Waals surface area contributed by atoms with E-state index < -0.39 is 17.9 Å². The molecule has 1 atom stereocenters. The summed E-state index contributed by atoms with van der Waals surface area (Å²) in [6, 6.07) is 6.75. The van der Waals surface area contributed by atoms with E-state index in [2.05, 4.69) is 15.3 Å². The fourth-order valence-electron chi connectivity index (χ4n) is 2.13. The number of aryl methyl sites for hydroxylation is 2. The third-order valence-electron chi connectivity index (χ3n) is 3.26.